The molecule has 0 spiro atoms. The first-order valence-corrected chi connectivity index (χ1v) is 11.1. The molecule has 0 aliphatic rings. The normalized spacial score (nSPS) is 12.1. The number of halogens is 1. The largest absolute Gasteiger partial charge is 0.462 e. The van der Waals surface area contributed by atoms with E-state index in [2.05, 4.69) is 32.7 Å². The van der Waals surface area contributed by atoms with Crippen LogP contribution in [0.3, 0.4) is 0 Å². The first-order chi connectivity index (χ1) is 14.5. The highest BCUT2D eigenvalue weighted by atomic mass is 127. The standard InChI is InChI=1S/C22H32N4O3S.HI/c1-5-29-21(27)19-16(2)25-20(30-19)17(3)26-22(23-4)24-13-9-10-14-28-15-18-11-7-6-8-12-18;/h6-8,11-12,17H,5,9-10,13-15H2,1-4H3,(H2,23,24,26);1H. The van der Waals surface area contributed by atoms with Gasteiger partial charge < -0.3 is 20.1 Å². The number of unbranched alkanes of at least 4 members (excludes halogenated alkanes) is 1. The summed E-state index contributed by atoms with van der Waals surface area (Å²) in [6, 6.07) is 10.1. The Morgan fingerprint density at radius 1 is 1.26 bits per heavy atom. The molecule has 0 fully saturated rings. The Balaban J connectivity index is 0.00000480. The number of esters is 1. The number of rotatable bonds is 11. The summed E-state index contributed by atoms with van der Waals surface area (Å²) in [5.74, 6) is 0.390. The van der Waals surface area contributed by atoms with Gasteiger partial charge in [0.05, 0.1) is 24.9 Å². The van der Waals surface area contributed by atoms with Crippen LogP contribution in [0.25, 0.3) is 0 Å². The third kappa shape index (κ3) is 9.53. The van der Waals surface area contributed by atoms with Gasteiger partial charge >= 0.3 is 5.97 Å². The molecule has 0 aliphatic carbocycles. The van der Waals surface area contributed by atoms with E-state index in [1.807, 2.05) is 32.0 Å². The van der Waals surface area contributed by atoms with E-state index in [0.717, 1.165) is 31.0 Å². The third-order valence-electron chi connectivity index (χ3n) is 4.34. The molecule has 9 heteroatoms. The predicted octanol–water partition coefficient (Wildman–Crippen LogP) is 4.47. The molecule has 1 atom stereocenters. The monoisotopic (exact) mass is 560 g/mol. The smallest absolute Gasteiger partial charge is 0.350 e. The number of ether oxygens (including phenoxy) is 2. The number of nitrogens with one attached hydrogen (secondary N) is 2. The molecule has 0 saturated carbocycles. The van der Waals surface area contributed by atoms with Crippen molar-refractivity contribution in [3.8, 4) is 0 Å². The second-order valence-corrected chi connectivity index (χ2v) is 7.83. The van der Waals surface area contributed by atoms with Crippen LogP contribution in [0.15, 0.2) is 35.3 Å². The van der Waals surface area contributed by atoms with E-state index in [9.17, 15) is 4.79 Å². The molecule has 0 amide bonds. The number of carbonyl (C=O) groups excluding carboxylic acids is 1. The predicted molar refractivity (Wildman–Crippen MR) is 136 cm³/mol. The lowest BCUT2D eigenvalue weighted by Crippen LogP contribution is -2.39. The lowest BCUT2D eigenvalue weighted by molar-refractivity contribution is 0.0531. The summed E-state index contributed by atoms with van der Waals surface area (Å²) >= 11 is 1.36. The van der Waals surface area contributed by atoms with Crippen molar-refractivity contribution in [3.05, 3.63) is 51.5 Å². The Morgan fingerprint density at radius 2 is 2.00 bits per heavy atom. The maximum absolute atomic E-state index is 12.0. The number of aliphatic imine (C=N–C) groups is 1. The van der Waals surface area contributed by atoms with Crippen LogP contribution >= 0.6 is 35.3 Å². The van der Waals surface area contributed by atoms with Crippen molar-refractivity contribution < 1.29 is 14.3 Å². The van der Waals surface area contributed by atoms with Gasteiger partial charge in [0.2, 0.25) is 0 Å². The zero-order chi connectivity index (χ0) is 21.8. The quantitative estimate of drug-likeness (QED) is 0.139. The Hall–Kier alpha value is -1.72. The third-order valence-corrected chi connectivity index (χ3v) is 5.66. The second-order valence-electron chi connectivity index (χ2n) is 6.80. The van der Waals surface area contributed by atoms with E-state index in [1.165, 1.54) is 16.9 Å². The number of carbonyl (C=O) groups is 1. The maximum atomic E-state index is 12.0. The molecule has 2 N–H and O–H groups in total. The molecule has 1 heterocycles. The van der Waals surface area contributed by atoms with Crippen molar-refractivity contribution in [2.24, 2.45) is 4.99 Å². The zero-order valence-corrected chi connectivity index (χ0v) is 21.8. The van der Waals surface area contributed by atoms with Crippen LogP contribution in [-0.2, 0) is 16.1 Å². The van der Waals surface area contributed by atoms with Gasteiger partial charge in [0.25, 0.3) is 0 Å². The van der Waals surface area contributed by atoms with Gasteiger partial charge in [0, 0.05) is 20.2 Å². The summed E-state index contributed by atoms with van der Waals surface area (Å²) < 4.78 is 10.8. The molecule has 0 aliphatic heterocycles. The molecule has 0 bridgehead atoms. The van der Waals surface area contributed by atoms with E-state index in [-0.39, 0.29) is 36.0 Å². The molecule has 0 saturated heterocycles. The van der Waals surface area contributed by atoms with Crippen molar-refractivity contribution in [2.75, 3.05) is 26.8 Å². The van der Waals surface area contributed by atoms with Crippen LogP contribution in [0.5, 0.6) is 0 Å². The first kappa shape index (κ1) is 27.3. The zero-order valence-electron chi connectivity index (χ0n) is 18.6. The minimum Gasteiger partial charge on any atom is -0.462 e. The van der Waals surface area contributed by atoms with Crippen LogP contribution < -0.4 is 10.6 Å². The van der Waals surface area contributed by atoms with E-state index < -0.39 is 0 Å². The molecule has 0 radical (unpaired) electrons. The SMILES string of the molecule is CCOC(=O)c1sc(C(C)NC(=NC)NCCCCOCc2ccccc2)nc1C.I. The average Bonchev–Trinajstić information content (AvgIpc) is 3.15. The molecular weight excluding hydrogens is 527 g/mol. The number of aryl methyl sites for hydroxylation is 1. The highest BCUT2D eigenvalue weighted by Gasteiger charge is 2.20. The molecule has 31 heavy (non-hydrogen) atoms. The Labute approximate surface area is 206 Å². The van der Waals surface area contributed by atoms with Crippen molar-refractivity contribution in [3.63, 3.8) is 0 Å². The molecule has 1 aromatic heterocycles. The van der Waals surface area contributed by atoms with Crippen molar-refractivity contribution >= 4 is 47.2 Å². The van der Waals surface area contributed by atoms with Gasteiger partial charge in [-0.25, -0.2) is 9.78 Å². The minimum absolute atomic E-state index is 0. The average molecular weight is 561 g/mol. The van der Waals surface area contributed by atoms with Crippen molar-refractivity contribution in [1.29, 1.82) is 0 Å². The molecule has 7 nitrogen and oxygen atoms in total. The number of nitrogens with zero attached hydrogens (tertiary/aromatic N) is 2. The molecular formula is C22H33IN4O3S. The van der Waals surface area contributed by atoms with Crippen molar-refractivity contribution in [2.45, 2.75) is 46.3 Å². The fourth-order valence-corrected chi connectivity index (χ4v) is 3.71. The Bertz CT molecular complexity index is 814. The summed E-state index contributed by atoms with van der Waals surface area (Å²) in [5.41, 5.74) is 1.89. The summed E-state index contributed by atoms with van der Waals surface area (Å²) in [7, 11) is 1.74. The molecule has 2 rings (SSSR count). The highest BCUT2D eigenvalue weighted by Crippen LogP contribution is 2.24. The van der Waals surface area contributed by atoms with E-state index in [0.29, 0.717) is 29.7 Å². The van der Waals surface area contributed by atoms with Gasteiger partial charge in [-0.15, -0.1) is 35.3 Å². The Morgan fingerprint density at radius 3 is 2.68 bits per heavy atom. The number of benzene rings is 1. The van der Waals surface area contributed by atoms with Crippen LogP contribution in [0.1, 0.15) is 58.7 Å². The number of hydrogen-bond acceptors (Lipinski definition) is 6. The summed E-state index contributed by atoms with van der Waals surface area (Å²) in [6.45, 7) is 8.15. The van der Waals surface area contributed by atoms with Gasteiger partial charge in [-0.2, -0.15) is 0 Å². The second kappa shape index (κ2) is 15.1. The van der Waals surface area contributed by atoms with Crippen LogP contribution in [0.4, 0.5) is 0 Å². The number of thiazole rings is 1. The summed E-state index contributed by atoms with van der Waals surface area (Å²) in [6.07, 6.45) is 1.95. The lowest BCUT2D eigenvalue weighted by atomic mass is 10.2. The van der Waals surface area contributed by atoms with Gasteiger partial charge in [-0.05, 0) is 39.2 Å². The van der Waals surface area contributed by atoms with E-state index in [4.69, 9.17) is 9.47 Å². The van der Waals surface area contributed by atoms with E-state index in [1.54, 1.807) is 14.0 Å². The number of guanidine groups is 1. The van der Waals surface area contributed by atoms with Gasteiger partial charge in [-0.3, -0.25) is 4.99 Å². The highest BCUT2D eigenvalue weighted by molar-refractivity contribution is 14.0. The maximum Gasteiger partial charge on any atom is 0.350 e. The Kier molecular flexibility index (Phi) is 13.3. The van der Waals surface area contributed by atoms with Crippen molar-refractivity contribution in [1.82, 2.24) is 15.6 Å². The summed E-state index contributed by atoms with van der Waals surface area (Å²) in [4.78, 5) is 21.3. The topological polar surface area (TPSA) is 84.8 Å². The lowest BCUT2D eigenvalue weighted by Gasteiger charge is -2.16. The molecule has 2 aromatic rings. The van der Waals surface area contributed by atoms with Crippen LogP contribution in [-0.4, -0.2) is 43.7 Å². The molecule has 1 aromatic carbocycles. The molecule has 1 unspecified atom stereocenters. The fourth-order valence-electron chi connectivity index (χ4n) is 2.75. The fraction of sp³-hybridized carbons (Fsp3) is 0.500. The van der Waals surface area contributed by atoms with Crippen LogP contribution in [0.2, 0.25) is 0 Å². The number of hydrogen-bond donors (Lipinski definition) is 2. The van der Waals surface area contributed by atoms with Gasteiger partial charge in [0.15, 0.2) is 5.96 Å². The number of aromatic nitrogens is 1. The summed E-state index contributed by atoms with van der Waals surface area (Å²) in [5, 5.41) is 7.46. The van der Waals surface area contributed by atoms with Crippen LogP contribution in [0, 0.1) is 6.92 Å². The first-order valence-electron chi connectivity index (χ1n) is 10.3. The van der Waals surface area contributed by atoms with Gasteiger partial charge in [0.1, 0.15) is 9.88 Å². The van der Waals surface area contributed by atoms with Gasteiger partial charge in [-0.1, -0.05) is 30.3 Å². The molecule has 172 valence electrons. The minimum atomic E-state index is -0.317. The van der Waals surface area contributed by atoms with E-state index >= 15 is 0 Å².